The molecule has 5 nitrogen and oxygen atoms in total. The van der Waals surface area contributed by atoms with E-state index in [2.05, 4.69) is 0 Å². The van der Waals surface area contributed by atoms with Crippen LogP contribution in [0.1, 0.15) is 22.6 Å². The maximum atomic E-state index is 14.0. The van der Waals surface area contributed by atoms with Crippen molar-refractivity contribution in [2.75, 3.05) is 12.1 Å². The number of carbonyl (C=O) groups is 1. The fourth-order valence-corrected chi connectivity index (χ4v) is 5.03. The third kappa shape index (κ3) is 3.48. The number of carbonyl (C=O) groups excluding carboxylic acids is 1. The minimum absolute atomic E-state index is 0.360. The summed E-state index contributed by atoms with van der Waals surface area (Å²) < 4.78 is 11.3. The fraction of sp³-hybridized carbons (Fsp3) is 0.0968. The van der Waals surface area contributed by atoms with Gasteiger partial charge in [0.2, 0.25) is 0 Å². The van der Waals surface area contributed by atoms with Crippen LogP contribution in [0.4, 0.5) is 5.69 Å². The molecule has 6 rings (SSSR count). The molecule has 4 aromatic carbocycles. The molecule has 0 bridgehead atoms. The number of nitrogens with zero attached hydrogens (tertiary/aromatic N) is 2. The quantitative estimate of drug-likeness (QED) is 0.332. The number of hydrogen-bond donors (Lipinski definition) is 0. The van der Waals surface area contributed by atoms with Crippen LogP contribution in [0.5, 0.6) is 5.75 Å². The first-order valence-electron chi connectivity index (χ1n) is 11.8. The second kappa shape index (κ2) is 8.86. The van der Waals surface area contributed by atoms with E-state index in [1.165, 1.54) is 0 Å². The fourth-order valence-electron chi connectivity index (χ4n) is 5.03. The summed E-state index contributed by atoms with van der Waals surface area (Å²) >= 11 is 0. The maximum Gasteiger partial charge on any atom is 0.344 e. The standard InChI is InChI=1S/C31H24N2O3/c1-35-26-19-17-22(18-20-26)27-21-31(30(34)36-27)28(23-11-5-2-6-12-23)29(24-13-7-3-8-14-24)32-33(31)25-15-9-4-10-16-25/h2-21,28H,1H3. The van der Waals surface area contributed by atoms with Crippen molar-refractivity contribution < 1.29 is 14.3 Å². The summed E-state index contributed by atoms with van der Waals surface area (Å²) in [6, 6.07) is 37.4. The number of esters is 1. The Morgan fingerprint density at radius 1 is 0.778 bits per heavy atom. The Labute approximate surface area is 209 Å². The number of rotatable bonds is 5. The van der Waals surface area contributed by atoms with E-state index in [-0.39, 0.29) is 11.9 Å². The van der Waals surface area contributed by atoms with Crippen LogP contribution < -0.4 is 9.75 Å². The van der Waals surface area contributed by atoms with Crippen molar-refractivity contribution in [3.05, 3.63) is 138 Å². The van der Waals surface area contributed by atoms with E-state index in [4.69, 9.17) is 14.6 Å². The summed E-state index contributed by atoms with van der Waals surface area (Å²) in [7, 11) is 1.63. The smallest absolute Gasteiger partial charge is 0.344 e. The van der Waals surface area contributed by atoms with Gasteiger partial charge in [0.25, 0.3) is 0 Å². The molecule has 2 aliphatic heterocycles. The Hall–Kier alpha value is -4.64. The summed E-state index contributed by atoms with van der Waals surface area (Å²) in [5, 5.41) is 6.94. The van der Waals surface area contributed by atoms with Gasteiger partial charge in [-0.1, -0.05) is 78.9 Å². The van der Waals surface area contributed by atoms with Crippen LogP contribution in [0.15, 0.2) is 126 Å². The van der Waals surface area contributed by atoms with Gasteiger partial charge in [0.1, 0.15) is 11.5 Å². The zero-order valence-corrected chi connectivity index (χ0v) is 19.7. The molecule has 4 aromatic rings. The minimum Gasteiger partial charge on any atom is -0.497 e. The molecular weight excluding hydrogens is 448 g/mol. The monoisotopic (exact) mass is 472 g/mol. The highest BCUT2D eigenvalue weighted by atomic mass is 16.5. The molecule has 0 fully saturated rings. The third-order valence-corrected chi connectivity index (χ3v) is 6.73. The molecular formula is C31H24N2O3. The van der Waals surface area contributed by atoms with Crippen molar-refractivity contribution in [3.8, 4) is 5.75 Å². The second-order valence-corrected chi connectivity index (χ2v) is 8.79. The van der Waals surface area contributed by atoms with Crippen LogP contribution in [0.2, 0.25) is 0 Å². The molecule has 0 saturated carbocycles. The van der Waals surface area contributed by atoms with Gasteiger partial charge in [0, 0.05) is 5.56 Å². The van der Waals surface area contributed by atoms with Gasteiger partial charge in [0.15, 0.2) is 5.54 Å². The molecule has 1 spiro atoms. The first kappa shape index (κ1) is 21.9. The Kier molecular flexibility index (Phi) is 5.38. The van der Waals surface area contributed by atoms with Crippen LogP contribution in [0.3, 0.4) is 0 Å². The molecule has 0 aromatic heterocycles. The Balaban J connectivity index is 1.59. The topological polar surface area (TPSA) is 51.1 Å². The van der Waals surface area contributed by atoms with Crippen LogP contribution in [0.25, 0.3) is 5.76 Å². The molecule has 36 heavy (non-hydrogen) atoms. The molecule has 5 heteroatoms. The minimum atomic E-state index is -1.19. The van der Waals surface area contributed by atoms with Gasteiger partial charge in [-0.15, -0.1) is 0 Å². The predicted molar refractivity (Wildman–Crippen MR) is 141 cm³/mol. The van der Waals surface area contributed by atoms with E-state index >= 15 is 0 Å². The summed E-state index contributed by atoms with van der Waals surface area (Å²) in [5.74, 6) is 0.501. The van der Waals surface area contributed by atoms with Gasteiger partial charge in [0.05, 0.1) is 24.4 Å². The lowest BCUT2D eigenvalue weighted by Gasteiger charge is -2.34. The predicted octanol–water partition coefficient (Wildman–Crippen LogP) is 6.04. The van der Waals surface area contributed by atoms with E-state index in [1.54, 1.807) is 7.11 Å². The summed E-state index contributed by atoms with van der Waals surface area (Å²) in [4.78, 5) is 14.0. The van der Waals surface area contributed by atoms with Crippen molar-refractivity contribution in [2.24, 2.45) is 5.10 Å². The number of benzene rings is 4. The van der Waals surface area contributed by atoms with Crippen LogP contribution >= 0.6 is 0 Å². The highest BCUT2D eigenvalue weighted by Gasteiger charge is 2.61. The van der Waals surface area contributed by atoms with Crippen molar-refractivity contribution in [3.63, 3.8) is 0 Å². The maximum absolute atomic E-state index is 14.0. The SMILES string of the molecule is COc1ccc(C2=CC3(C(=O)O2)C(c2ccccc2)C(c2ccccc2)=NN3c2ccccc2)cc1. The van der Waals surface area contributed by atoms with Crippen molar-refractivity contribution >= 4 is 23.1 Å². The summed E-state index contributed by atoms with van der Waals surface area (Å²) in [6.45, 7) is 0. The molecule has 2 aliphatic rings. The number of hydrogen-bond acceptors (Lipinski definition) is 5. The largest absolute Gasteiger partial charge is 0.497 e. The van der Waals surface area contributed by atoms with Gasteiger partial charge in [-0.05, 0) is 53.6 Å². The number of ether oxygens (including phenoxy) is 2. The van der Waals surface area contributed by atoms with Gasteiger partial charge in [-0.3, -0.25) is 0 Å². The molecule has 0 saturated heterocycles. The second-order valence-electron chi connectivity index (χ2n) is 8.79. The Morgan fingerprint density at radius 2 is 1.39 bits per heavy atom. The van der Waals surface area contributed by atoms with E-state index in [0.717, 1.165) is 33.8 Å². The first-order valence-corrected chi connectivity index (χ1v) is 11.8. The molecule has 2 atom stereocenters. The molecule has 0 N–H and O–H groups in total. The van der Waals surface area contributed by atoms with Gasteiger partial charge >= 0.3 is 5.97 Å². The average Bonchev–Trinajstić information content (AvgIpc) is 3.48. The Morgan fingerprint density at radius 3 is 2.03 bits per heavy atom. The lowest BCUT2D eigenvalue weighted by Crippen LogP contribution is -2.51. The number of para-hydroxylation sites is 1. The first-order chi connectivity index (χ1) is 17.7. The van der Waals surface area contributed by atoms with Crippen molar-refractivity contribution in [1.82, 2.24) is 0 Å². The van der Waals surface area contributed by atoms with Crippen LogP contribution in [-0.4, -0.2) is 24.3 Å². The Bertz CT molecular complexity index is 1450. The van der Waals surface area contributed by atoms with Crippen LogP contribution in [0, 0.1) is 0 Å². The normalized spacial score (nSPS) is 20.8. The van der Waals surface area contributed by atoms with Gasteiger partial charge in [-0.2, -0.15) is 5.10 Å². The molecule has 0 radical (unpaired) electrons. The van der Waals surface area contributed by atoms with Crippen LogP contribution in [-0.2, 0) is 9.53 Å². The highest BCUT2D eigenvalue weighted by molar-refractivity contribution is 6.15. The summed E-state index contributed by atoms with van der Waals surface area (Å²) in [6.07, 6.45) is 1.93. The molecule has 176 valence electrons. The zero-order valence-electron chi connectivity index (χ0n) is 19.7. The molecule has 0 aliphatic carbocycles. The van der Waals surface area contributed by atoms with Gasteiger partial charge in [-0.25, -0.2) is 9.80 Å². The molecule has 0 amide bonds. The van der Waals surface area contributed by atoms with E-state index < -0.39 is 5.54 Å². The van der Waals surface area contributed by atoms with E-state index in [0.29, 0.717) is 5.76 Å². The van der Waals surface area contributed by atoms with E-state index in [1.807, 2.05) is 126 Å². The highest BCUT2D eigenvalue weighted by Crippen LogP contribution is 2.50. The average molecular weight is 473 g/mol. The van der Waals surface area contributed by atoms with Crippen molar-refractivity contribution in [1.29, 1.82) is 0 Å². The van der Waals surface area contributed by atoms with Gasteiger partial charge < -0.3 is 9.47 Å². The molecule has 2 heterocycles. The number of cyclic esters (lactones) is 1. The lowest BCUT2D eigenvalue weighted by atomic mass is 9.75. The molecule has 2 unspecified atom stereocenters. The zero-order chi connectivity index (χ0) is 24.5. The number of methoxy groups -OCH3 is 1. The van der Waals surface area contributed by atoms with Crippen molar-refractivity contribution in [2.45, 2.75) is 11.5 Å². The third-order valence-electron chi connectivity index (χ3n) is 6.73. The summed E-state index contributed by atoms with van der Waals surface area (Å²) in [5.41, 5.74) is 3.19. The number of hydrazone groups is 1. The van der Waals surface area contributed by atoms with E-state index in [9.17, 15) is 4.79 Å². The lowest BCUT2D eigenvalue weighted by molar-refractivity contribution is -0.139. The number of anilines is 1.